The Morgan fingerprint density at radius 2 is 1.47 bits per heavy atom. The molecule has 0 heterocycles. The van der Waals surface area contributed by atoms with E-state index in [1.54, 1.807) is 6.07 Å². The van der Waals surface area contributed by atoms with Crippen molar-refractivity contribution in [2.45, 2.75) is 12.8 Å². The Morgan fingerprint density at radius 1 is 1.07 bits per heavy atom. The summed E-state index contributed by atoms with van der Waals surface area (Å²) in [7, 11) is 0. The zero-order valence-electron chi connectivity index (χ0n) is 7.52. The molecule has 0 saturated carbocycles. The van der Waals surface area contributed by atoms with Crippen molar-refractivity contribution in [3.8, 4) is 12.1 Å². The lowest BCUT2D eigenvalue weighted by molar-refractivity contribution is 0.600. The van der Waals surface area contributed by atoms with Crippen LogP contribution in [-0.2, 0) is 12.8 Å². The van der Waals surface area contributed by atoms with Crippen molar-refractivity contribution in [2.75, 3.05) is 0 Å². The first kappa shape index (κ1) is 12.2. The molecule has 1 rings (SSSR count). The van der Waals surface area contributed by atoms with Gasteiger partial charge in [-0.2, -0.15) is 10.5 Å². The fourth-order valence-electron chi connectivity index (χ4n) is 1.16. The zero-order chi connectivity index (χ0) is 11.4. The minimum atomic E-state index is -0.487. The van der Waals surface area contributed by atoms with E-state index in [0.717, 1.165) is 0 Å². The first-order chi connectivity index (χ1) is 7.11. The van der Waals surface area contributed by atoms with E-state index in [1.807, 2.05) is 12.1 Å². The number of rotatable bonds is 2. The maximum Gasteiger partial charge on any atom is 0.133 e. The molecular formula is C10H5Br2FN2. The molecule has 0 atom stereocenters. The van der Waals surface area contributed by atoms with Gasteiger partial charge < -0.3 is 0 Å². The lowest BCUT2D eigenvalue weighted by Crippen LogP contribution is -1.98. The number of nitrogens with zero attached hydrogens (tertiary/aromatic N) is 2. The van der Waals surface area contributed by atoms with Crippen LogP contribution in [0.2, 0.25) is 0 Å². The minimum Gasteiger partial charge on any atom is -0.206 e. The van der Waals surface area contributed by atoms with Gasteiger partial charge in [-0.25, -0.2) is 4.39 Å². The van der Waals surface area contributed by atoms with Gasteiger partial charge in [0.1, 0.15) is 5.82 Å². The average Bonchev–Trinajstić information content (AvgIpc) is 2.19. The molecule has 2 nitrogen and oxygen atoms in total. The Labute approximate surface area is 104 Å². The second-order valence-electron chi connectivity index (χ2n) is 2.78. The molecule has 0 saturated heterocycles. The maximum atomic E-state index is 13.8. The highest BCUT2D eigenvalue weighted by molar-refractivity contribution is 9.11. The fourth-order valence-corrected chi connectivity index (χ4v) is 2.55. The fraction of sp³-hybridized carbons (Fsp3) is 0.200. The third kappa shape index (κ3) is 2.56. The Balaban J connectivity index is 3.37. The third-order valence-electron chi connectivity index (χ3n) is 1.87. The topological polar surface area (TPSA) is 47.6 Å². The number of halogens is 3. The molecule has 1 aromatic carbocycles. The number of nitriles is 2. The van der Waals surface area contributed by atoms with Crippen LogP contribution in [-0.4, -0.2) is 0 Å². The molecule has 0 radical (unpaired) electrons. The molecule has 0 unspecified atom stereocenters. The smallest absolute Gasteiger partial charge is 0.133 e. The van der Waals surface area contributed by atoms with Gasteiger partial charge in [-0.3, -0.25) is 0 Å². The molecule has 0 aromatic heterocycles. The van der Waals surface area contributed by atoms with Gasteiger partial charge in [0.15, 0.2) is 0 Å². The van der Waals surface area contributed by atoms with Gasteiger partial charge in [0.05, 0.1) is 25.0 Å². The summed E-state index contributed by atoms with van der Waals surface area (Å²) < 4.78 is 14.9. The monoisotopic (exact) mass is 330 g/mol. The Morgan fingerprint density at radius 3 is 1.80 bits per heavy atom. The van der Waals surface area contributed by atoms with Crippen molar-refractivity contribution in [2.24, 2.45) is 0 Å². The van der Waals surface area contributed by atoms with Gasteiger partial charge in [-0.05, 0) is 6.07 Å². The Kier molecular flexibility index (Phi) is 4.26. The van der Waals surface area contributed by atoms with Crippen LogP contribution in [0.1, 0.15) is 11.1 Å². The van der Waals surface area contributed by atoms with Crippen molar-refractivity contribution < 1.29 is 4.39 Å². The summed E-state index contributed by atoms with van der Waals surface area (Å²) in [5.41, 5.74) is 0.594. The molecule has 0 amide bonds. The van der Waals surface area contributed by atoms with E-state index < -0.39 is 5.82 Å². The normalized spacial score (nSPS) is 9.40. The molecule has 0 aliphatic rings. The van der Waals surface area contributed by atoms with Gasteiger partial charge in [0, 0.05) is 20.1 Å². The second-order valence-corrected chi connectivity index (χ2v) is 4.49. The first-order valence-electron chi connectivity index (χ1n) is 4.01. The van der Waals surface area contributed by atoms with Crippen LogP contribution in [0.4, 0.5) is 4.39 Å². The van der Waals surface area contributed by atoms with E-state index in [0.29, 0.717) is 20.1 Å². The summed E-state index contributed by atoms with van der Waals surface area (Å²) in [5, 5.41) is 17.1. The molecule has 1 aromatic rings. The van der Waals surface area contributed by atoms with Crippen LogP contribution < -0.4 is 0 Å². The predicted molar refractivity (Wildman–Crippen MR) is 60.4 cm³/mol. The van der Waals surface area contributed by atoms with Crippen LogP contribution in [0, 0.1) is 28.5 Å². The summed E-state index contributed by atoms with van der Waals surface area (Å²) in [6, 6.07) is 5.43. The van der Waals surface area contributed by atoms with Crippen LogP contribution in [0.15, 0.2) is 15.0 Å². The van der Waals surface area contributed by atoms with E-state index in [2.05, 4.69) is 31.9 Å². The molecule has 0 fully saturated rings. The van der Waals surface area contributed by atoms with Crippen LogP contribution in [0.5, 0.6) is 0 Å². The number of hydrogen-bond donors (Lipinski definition) is 0. The Bertz CT molecular complexity index is 432. The van der Waals surface area contributed by atoms with E-state index in [4.69, 9.17) is 10.5 Å². The first-order valence-corrected chi connectivity index (χ1v) is 5.59. The molecule has 0 aliphatic carbocycles. The van der Waals surface area contributed by atoms with Gasteiger partial charge in [-0.1, -0.05) is 31.9 Å². The molecule has 5 heteroatoms. The van der Waals surface area contributed by atoms with Crippen LogP contribution in [0.3, 0.4) is 0 Å². The largest absolute Gasteiger partial charge is 0.206 e. The summed E-state index contributed by atoms with van der Waals surface area (Å²) in [5.74, 6) is -0.487. The van der Waals surface area contributed by atoms with Crippen LogP contribution >= 0.6 is 31.9 Å². The summed E-state index contributed by atoms with van der Waals surface area (Å²) in [6.07, 6.45) is -0.0315. The highest BCUT2D eigenvalue weighted by atomic mass is 79.9. The molecule has 0 N–H and O–H groups in total. The minimum absolute atomic E-state index is 0.0157. The number of hydrogen-bond acceptors (Lipinski definition) is 2. The standard InChI is InChI=1S/C10H5Br2FN2/c11-8-5-9(12)7(2-4-15)10(13)6(8)1-3-14/h5H,1-2H2. The van der Waals surface area contributed by atoms with Crippen molar-refractivity contribution >= 4 is 31.9 Å². The van der Waals surface area contributed by atoms with Gasteiger partial charge in [0.25, 0.3) is 0 Å². The zero-order valence-corrected chi connectivity index (χ0v) is 10.7. The van der Waals surface area contributed by atoms with Crippen molar-refractivity contribution in [3.63, 3.8) is 0 Å². The summed E-state index contributed by atoms with van der Waals surface area (Å²) in [6.45, 7) is 0. The van der Waals surface area contributed by atoms with E-state index in [1.165, 1.54) is 0 Å². The molecule has 0 spiro atoms. The molecule has 76 valence electrons. The molecule has 0 bridgehead atoms. The molecule has 15 heavy (non-hydrogen) atoms. The van der Waals surface area contributed by atoms with Gasteiger partial charge >= 0.3 is 0 Å². The van der Waals surface area contributed by atoms with Gasteiger partial charge in [-0.15, -0.1) is 0 Å². The molecular weight excluding hydrogens is 327 g/mol. The highest BCUT2D eigenvalue weighted by Crippen LogP contribution is 2.30. The average molecular weight is 332 g/mol. The van der Waals surface area contributed by atoms with Gasteiger partial charge in [0.2, 0.25) is 0 Å². The molecule has 0 aliphatic heterocycles. The maximum absolute atomic E-state index is 13.8. The predicted octanol–water partition coefficient (Wildman–Crippen LogP) is 3.48. The SMILES string of the molecule is N#CCc1c(Br)cc(Br)c(CC#N)c1F. The second kappa shape index (κ2) is 5.25. The highest BCUT2D eigenvalue weighted by Gasteiger charge is 2.15. The van der Waals surface area contributed by atoms with Crippen molar-refractivity contribution in [1.29, 1.82) is 10.5 Å². The van der Waals surface area contributed by atoms with E-state index >= 15 is 0 Å². The van der Waals surface area contributed by atoms with Crippen LogP contribution in [0.25, 0.3) is 0 Å². The summed E-state index contributed by atoms with van der Waals surface area (Å²) in [4.78, 5) is 0. The number of benzene rings is 1. The van der Waals surface area contributed by atoms with Crippen molar-refractivity contribution in [3.05, 3.63) is 32.0 Å². The lowest BCUT2D eigenvalue weighted by atomic mass is 10.1. The Hall–Kier alpha value is -0.910. The van der Waals surface area contributed by atoms with E-state index in [-0.39, 0.29) is 12.8 Å². The van der Waals surface area contributed by atoms with E-state index in [9.17, 15) is 4.39 Å². The lowest BCUT2D eigenvalue weighted by Gasteiger charge is -2.08. The third-order valence-corrected chi connectivity index (χ3v) is 3.29. The van der Waals surface area contributed by atoms with Crippen molar-refractivity contribution in [1.82, 2.24) is 0 Å². The summed E-state index contributed by atoms with van der Waals surface area (Å²) >= 11 is 6.36. The quantitative estimate of drug-likeness (QED) is 0.832.